The molecule has 192 valence electrons. The van der Waals surface area contributed by atoms with Crippen LogP contribution in [0.3, 0.4) is 0 Å². The lowest BCUT2D eigenvalue weighted by molar-refractivity contribution is -0.129. The van der Waals surface area contributed by atoms with Gasteiger partial charge in [-0.25, -0.2) is 10.4 Å². The molecule has 3 N–H and O–H groups in total. The number of aliphatic imine (C=N–C) groups is 1. The summed E-state index contributed by atoms with van der Waals surface area (Å²) in [5.41, 5.74) is 7.17. The van der Waals surface area contributed by atoms with E-state index < -0.39 is 11.6 Å². The summed E-state index contributed by atoms with van der Waals surface area (Å²) in [6, 6.07) is 24.8. The smallest absolute Gasteiger partial charge is 0.266 e. The van der Waals surface area contributed by atoms with Gasteiger partial charge in [-0.1, -0.05) is 70.5 Å². The van der Waals surface area contributed by atoms with Gasteiger partial charge in [0.1, 0.15) is 5.75 Å². The molecule has 1 heterocycles. The second-order valence-corrected chi connectivity index (χ2v) is 9.45. The molecule has 0 spiro atoms. The molecule has 0 radical (unpaired) electrons. The minimum atomic E-state index is -1.28. The van der Waals surface area contributed by atoms with Gasteiger partial charge in [0.15, 0.2) is 11.6 Å². The van der Waals surface area contributed by atoms with Crippen LogP contribution in [0.1, 0.15) is 35.6 Å². The number of hydrogen-bond donors (Lipinski definition) is 3. The Morgan fingerprint density at radius 3 is 2.54 bits per heavy atom. The fourth-order valence-electron chi connectivity index (χ4n) is 4.13. The van der Waals surface area contributed by atoms with Gasteiger partial charge in [0.05, 0.1) is 6.61 Å². The summed E-state index contributed by atoms with van der Waals surface area (Å²) < 4.78 is 12.9. The zero-order valence-electron chi connectivity index (χ0n) is 20.4. The fourth-order valence-corrected chi connectivity index (χ4v) is 4.62. The summed E-state index contributed by atoms with van der Waals surface area (Å²) in [5, 5.41) is 8.96. The Morgan fingerprint density at radius 2 is 1.84 bits per heavy atom. The largest absolute Gasteiger partial charge is 0.494 e. The molecule has 0 bridgehead atoms. The molecule has 2 atom stereocenters. The van der Waals surface area contributed by atoms with Gasteiger partial charge in [0.2, 0.25) is 5.90 Å². The molecule has 0 saturated heterocycles. The number of hydrazine groups is 1. The standard InChI is InChI=1S/C29H30BrN3O4/c1-2-17-29(28(35)33-31-20-21-9-4-3-5-10-21)26(24-11-6-7-12-25(24)30)37-27(32-29)22-13-15-23(16-14-22)36-19-8-18-34/h2-7,9-16,26,31,34H,1,8,17-20H2,(H,33,35)/t26-,29-/m0/s1. The lowest BCUT2D eigenvalue weighted by Gasteiger charge is -2.30. The predicted octanol–water partition coefficient (Wildman–Crippen LogP) is 4.86. The van der Waals surface area contributed by atoms with Crippen molar-refractivity contribution in [2.24, 2.45) is 4.99 Å². The van der Waals surface area contributed by atoms with Crippen LogP contribution in [-0.4, -0.2) is 35.7 Å². The maximum atomic E-state index is 13.8. The van der Waals surface area contributed by atoms with Crippen molar-refractivity contribution in [2.45, 2.75) is 31.0 Å². The van der Waals surface area contributed by atoms with E-state index in [-0.39, 0.29) is 18.9 Å². The number of carbonyl (C=O) groups excluding carboxylic acids is 1. The number of halogens is 1. The highest BCUT2D eigenvalue weighted by atomic mass is 79.9. The number of aliphatic hydroxyl groups excluding tert-OH is 1. The second-order valence-electron chi connectivity index (χ2n) is 8.60. The van der Waals surface area contributed by atoms with Crippen molar-refractivity contribution in [1.82, 2.24) is 10.9 Å². The highest BCUT2D eigenvalue weighted by molar-refractivity contribution is 9.10. The van der Waals surface area contributed by atoms with Crippen molar-refractivity contribution < 1.29 is 19.4 Å². The third-order valence-corrected chi connectivity index (χ3v) is 6.73. The first-order valence-corrected chi connectivity index (χ1v) is 12.9. The highest BCUT2D eigenvalue weighted by Gasteiger charge is 2.53. The molecule has 3 aromatic rings. The van der Waals surface area contributed by atoms with Crippen LogP contribution in [0.5, 0.6) is 5.75 Å². The summed E-state index contributed by atoms with van der Waals surface area (Å²) in [6.07, 6.45) is 1.83. The molecular weight excluding hydrogens is 534 g/mol. The van der Waals surface area contributed by atoms with Gasteiger partial charge < -0.3 is 14.6 Å². The van der Waals surface area contributed by atoms with Gasteiger partial charge >= 0.3 is 0 Å². The van der Waals surface area contributed by atoms with Crippen molar-refractivity contribution in [2.75, 3.05) is 13.2 Å². The van der Waals surface area contributed by atoms with Gasteiger partial charge in [-0.3, -0.25) is 10.2 Å². The Balaban J connectivity index is 1.63. The molecule has 4 rings (SSSR count). The van der Waals surface area contributed by atoms with Gasteiger partial charge in [-0.15, -0.1) is 6.58 Å². The first-order valence-electron chi connectivity index (χ1n) is 12.1. The number of aliphatic hydroxyl groups is 1. The molecule has 0 aromatic heterocycles. The molecule has 0 saturated carbocycles. The van der Waals surface area contributed by atoms with Gasteiger partial charge in [-0.2, -0.15) is 0 Å². The van der Waals surface area contributed by atoms with Crippen LogP contribution in [0.2, 0.25) is 0 Å². The summed E-state index contributed by atoms with van der Waals surface area (Å²) in [5.74, 6) is 0.726. The molecule has 1 amide bonds. The van der Waals surface area contributed by atoms with Crippen LogP contribution in [-0.2, 0) is 16.1 Å². The zero-order chi connectivity index (χ0) is 26.1. The Bertz CT molecular complexity index is 1230. The minimum absolute atomic E-state index is 0.0762. The maximum absolute atomic E-state index is 13.8. The summed E-state index contributed by atoms with van der Waals surface area (Å²) in [7, 11) is 0. The second kappa shape index (κ2) is 12.7. The number of ether oxygens (including phenoxy) is 2. The van der Waals surface area contributed by atoms with Crippen molar-refractivity contribution in [3.63, 3.8) is 0 Å². The van der Waals surface area contributed by atoms with Crippen molar-refractivity contribution in [1.29, 1.82) is 0 Å². The molecule has 8 heteroatoms. The van der Waals surface area contributed by atoms with Crippen LogP contribution < -0.4 is 15.6 Å². The third kappa shape index (κ3) is 6.28. The lowest BCUT2D eigenvalue weighted by Crippen LogP contribution is -2.52. The molecule has 3 aromatic carbocycles. The molecule has 37 heavy (non-hydrogen) atoms. The highest BCUT2D eigenvalue weighted by Crippen LogP contribution is 2.44. The van der Waals surface area contributed by atoms with E-state index in [9.17, 15) is 4.79 Å². The molecule has 1 aliphatic rings. The number of rotatable bonds is 12. The van der Waals surface area contributed by atoms with Gasteiger partial charge in [0, 0.05) is 41.6 Å². The van der Waals surface area contributed by atoms with Crippen LogP contribution in [0.4, 0.5) is 0 Å². The number of benzene rings is 3. The Morgan fingerprint density at radius 1 is 1.11 bits per heavy atom. The number of nitrogens with one attached hydrogen (secondary N) is 2. The predicted molar refractivity (Wildman–Crippen MR) is 147 cm³/mol. The lowest BCUT2D eigenvalue weighted by atomic mass is 9.84. The van der Waals surface area contributed by atoms with E-state index in [2.05, 4.69) is 33.4 Å². The van der Waals surface area contributed by atoms with Gasteiger partial charge in [-0.05, 0) is 35.9 Å². The van der Waals surface area contributed by atoms with E-state index in [0.29, 0.717) is 31.2 Å². The topological polar surface area (TPSA) is 92.2 Å². The van der Waals surface area contributed by atoms with Crippen molar-refractivity contribution in [3.05, 3.63) is 113 Å². The quantitative estimate of drug-likeness (QED) is 0.166. The Kier molecular flexibility index (Phi) is 9.11. The van der Waals surface area contributed by atoms with E-state index in [0.717, 1.165) is 21.2 Å². The maximum Gasteiger partial charge on any atom is 0.266 e. The van der Waals surface area contributed by atoms with Crippen LogP contribution in [0, 0.1) is 0 Å². The average molecular weight is 564 g/mol. The molecule has 0 aliphatic carbocycles. The summed E-state index contributed by atoms with van der Waals surface area (Å²) in [6.45, 7) is 4.87. The molecule has 0 unspecified atom stereocenters. The van der Waals surface area contributed by atoms with Crippen molar-refractivity contribution >= 4 is 27.7 Å². The SMILES string of the molecule is C=CC[C@]1(C(=O)NNCc2ccccc2)N=C(c2ccc(OCCCO)cc2)O[C@H]1c1ccccc1Br. The number of amides is 1. The molecule has 7 nitrogen and oxygen atoms in total. The fraction of sp³-hybridized carbons (Fsp3) is 0.241. The van der Waals surface area contributed by atoms with E-state index in [1.807, 2.05) is 78.9 Å². The summed E-state index contributed by atoms with van der Waals surface area (Å²) in [4.78, 5) is 18.6. The van der Waals surface area contributed by atoms with E-state index in [4.69, 9.17) is 19.6 Å². The van der Waals surface area contributed by atoms with E-state index in [1.54, 1.807) is 6.08 Å². The van der Waals surface area contributed by atoms with Crippen molar-refractivity contribution in [3.8, 4) is 5.75 Å². The van der Waals surface area contributed by atoms with Crippen LogP contribution in [0.25, 0.3) is 0 Å². The number of nitrogens with zero attached hydrogens (tertiary/aromatic N) is 1. The van der Waals surface area contributed by atoms with E-state index >= 15 is 0 Å². The number of carbonyl (C=O) groups is 1. The average Bonchev–Trinajstić information content (AvgIpc) is 3.30. The molecule has 1 aliphatic heterocycles. The first kappa shape index (κ1) is 26.6. The Hall–Kier alpha value is -3.46. The normalized spacial score (nSPS) is 18.5. The van der Waals surface area contributed by atoms with E-state index in [1.165, 1.54) is 0 Å². The monoisotopic (exact) mass is 563 g/mol. The Labute approximate surface area is 225 Å². The minimum Gasteiger partial charge on any atom is -0.494 e. The first-order chi connectivity index (χ1) is 18.1. The third-order valence-electron chi connectivity index (χ3n) is 6.01. The summed E-state index contributed by atoms with van der Waals surface area (Å²) >= 11 is 3.62. The molecule has 0 fully saturated rings. The van der Waals surface area contributed by atoms with Crippen LogP contribution in [0.15, 0.2) is 101 Å². The zero-order valence-corrected chi connectivity index (χ0v) is 22.0. The molecular formula is C29H30BrN3O4. The number of hydrogen-bond acceptors (Lipinski definition) is 6. The van der Waals surface area contributed by atoms with Gasteiger partial charge in [0.25, 0.3) is 5.91 Å². The van der Waals surface area contributed by atoms with Crippen LogP contribution >= 0.6 is 15.9 Å².